The lowest BCUT2D eigenvalue weighted by molar-refractivity contribution is -0.385. The number of aryl methyl sites for hydroxylation is 1. The summed E-state index contributed by atoms with van der Waals surface area (Å²) in [6.07, 6.45) is 1.13. The van der Waals surface area contributed by atoms with Crippen LogP contribution in [0.2, 0.25) is 5.02 Å². The Labute approximate surface area is 176 Å². The van der Waals surface area contributed by atoms with E-state index in [-0.39, 0.29) is 22.3 Å². The lowest BCUT2D eigenvalue weighted by Crippen LogP contribution is -2.25. The molecule has 0 aliphatic heterocycles. The van der Waals surface area contributed by atoms with Crippen LogP contribution >= 0.6 is 11.6 Å². The van der Waals surface area contributed by atoms with E-state index in [1.54, 1.807) is 31.5 Å². The molecule has 11 heteroatoms. The van der Waals surface area contributed by atoms with Crippen molar-refractivity contribution in [2.45, 2.75) is 40.3 Å². The van der Waals surface area contributed by atoms with Crippen molar-refractivity contribution in [1.29, 1.82) is 0 Å². The molecule has 1 amide bonds. The molecule has 2 heterocycles. The second-order valence-corrected chi connectivity index (χ2v) is 7.33. The zero-order valence-electron chi connectivity index (χ0n) is 16.8. The Morgan fingerprint density at radius 1 is 1.33 bits per heavy atom. The first-order valence-corrected chi connectivity index (χ1v) is 9.45. The van der Waals surface area contributed by atoms with Crippen molar-refractivity contribution in [2.75, 3.05) is 5.32 Å². The second-order valence-electron chi connectivity index (χ2n) is 6.92. The molecular weight excluding hydrogens is 415 g/mol. The Morgan fingerprint density at radius 3 is 2.63 bits per heavy atom. The largest absolute Gasteiger partial charge is 0.321 e. The van der Waals surface area contributed by atoms with Crippen molar-refractivity contribution in [3.8, 4) is 0 Å². The number of nitrogens with zero attached hydrogens (tertiary/aromatic N) is 5. The van der Waals surface area contributed by atoms with Gasteiger partial charge in [-0.3, -0.25) is 24.3 Å². The standard InChI is InChI=1S/C19H20ClFN6O3/c1-10-18(12(3)25(24-10)9-14-5-6-15(21)7-16(14)20)23-19(28)13(4)26-11(2)17(8-22-26)27(29)30/h5-8,13H,9H2,1-4H3,(H,23,28). The average molecular weight is 435 g/mol. The van der Waals surface area contributed by atoms with Gasteiger partial charge in [-0.15, -0.1) is 0 Å². The van der Waals surface area contributed by atoms with Crippen LogP contribution in [-0.2, 0) is 11.3 Å². The molecule has 3 rings (SSSR count). The fourth-order valence-corrected chi connectivity index (χ4v) is 3.39. The molecule has 0 spiro atoms. The van der Waals surface area contributed by atoms with E-state index in [1.165, 1.54) is 23.7 Å². The number of anilines is 1. The minimum absolute atomic E-state index is 0.147. The highest BCUT2D eigenvalue weighted by Crippen LogP contribution is 2.25. The van der Waals surface area contributed by atoms with Crippen LogP contribution < -0.4 is 5.32 Å². The summed E-state index contributed by atoms with van der Waals surface area (Å²) in [5, 5.41) is 22.5. The zero-order valence-corrected chi connectivity index (χ0v) is 17.6. The van der Waals surface area contributed by atoms with Crippen molar-refractivity contribution < 1.29 is 14.1 Å². The van der Waals surface area contributed by atoms with Crippen molar-refractivity contribution in [3.05, 3.63) is 68.0 Å². The molecule has 2 aromatic heterocycles. The highest BCUT2D eigenvalue weighted by atomic mass is 35.5. The number of halogens is 2. The van der Waals surface area contributed by atoms with Crippen molar-refractivity contribution in [1.82, 2.24) is 19.6 Å². The van der Waals surface area contributed by atoms with Gasteiger partial charge in [0.2, 0.25) is 5.91 Å². The van der Waals surface area contributed by atoms with Gasteiger partial charge in [0, 0.05) is 5.02 Å². The molecule has 158 valence electrons. The van der Waals surface area contributed by atoms with E-state index < -0.39 is 16.8 Å². The molecule has 1 atom stereocenters. The predicted octanol–water partition coefficient (Wildman–Crippen LogP) is 3.95. The molecule has 0 saturated heterocycles. The first kappa shape index (κ1) is 21.4. The molecule has 0 saturated carbocycles. The third-order valence-corrected chi connectivity index (χ3v) is 5.28. The number of carbonyl (C=O) groups is 1. The van der Waals surface area contributed by atoms with E-state index in [0.717, 1.165) is 6.20 Å². The summed E-state index contributed by atoms with van der Waals surface area (Å²) in [7, 11) is 0. The Bertz CT molecular complexity index is 1140. The molecule has 1 N–H and O–H groups in total. The smallest absolute Gasteiger partial charge is 0.309 e. The fraction of sp³-hybridized carbons (Fsp3) is 0.316. The quantitative estimate of drug-likeness (QED) is 0.466. The van der Waals surface area contributed by atoms with Crippen LogP contribution in [0.3, 0.4) is 0 Å². The van der Waals surface area contributed by atoms with Gasteiger partial charge in [0.15, 0.2) is 0 Å². The number of nitro groups is 1. The number of rotatable bonds is 6. The summed E-state index contributed by atoms with van der Waals surface area (Å²) in [5.41, 5.74) is 2.65. The summed E-state index contributed by atoms with van der Waals surface area (Å²) in [6, 6.07) is 3.37. The Kier molecular flexibility index (Phi) is 5.88. The minimum atomic E-state index is -0.771. The fourth-order valence-electron chi connectivity index (χ4n) is 3.17. The predicted molar refractivity (Wildman–Crippen MR) is 109 cm³/mol. The van der Waals surface area contributed by atoms with E-state index in [1.807, 2.05) is 0 Å². The van der Waals surface area contributed by atoms with E-state index in [2.05, 4.69) is 15.5 Å². The third kappa shape index (κ3) is 4.04. The highest BCUT2D eigenvalue weighted by molar-refractivity contribution is 6.31. The Hall–Kier alpha value is -3.27. The topological polar surface area (TPSA) is 108 Å². The number of nitrogens with one attached hydrogen (secondary N) is 1. The van der Waals surface area contributed by atoms with Gasteiger partial charge >= 0.3 is 5.69 Å². The van der Waals surface area contributed by atoms with Crippen molar-refractivity contribution >= 4 is 28.9 Å². The molecular formula is C19H20ClFN6O3. The van der Waals surface area contributed by atoms with Gasteiger partial charge in [-0.05, 0) is 45.4 Å². The van der Waals surface area contributed by atoms with Crippen LogP contribution in [-0.4, -0.2) is 30.4 Å². The molecule has 9 nitrogen and oxygen atoms in total. The second kappa shape index (κ2) is 8.23. The number of aromatic nitrogens is 4. The molecule has 1 aromatic carbocycles. The van der Waals surface area contributed by atoms with Gasteiger partial charge in [0.1, 0.15) is 23.7 Å². The highest BCUT2D eigenvalue weighted by Gasteiger charge is 2.25. The number of carbonyl (C=O) groups excluding carboxylic acids is 1. The van der Waals surface area contributed by atoms with E-state index in [4.69, 9.17) is 11.6 Å². The van der Waals surface area contributed by atoms with Crippen LogP contribution in [0.1, 0.15) is 35.6 Å². The molecule has 0 aliphatic rings. The van der Waals surface area contributed by atoms with Crippen LogP contribution in [0.4, 0.5) is 15.8 Å². The minimum Gasteiger partial charge on any atom is -0.321 e. The average Bonchev–Trinajstić information content (AvgIpc) is 3.18. The van der Waals surface area contributed by atoms with E-state index >= 15 is 0 Å². The normalized spacial score (nSPS) is 12.1. The number of amides is 1. The summed E-state index contributed by atoms with van der Waals surface area (Å²) in [5.74, 6) is -0.810. The molecule has 0 radical (unpaired) electrons. The molecule has 0 fully saturated rings. The summed E-state index contributed by atoms with van der Waals surface area (Å²) >= 11 is 6.10. The number of benzene rings is 1. The summed E-state index contributed by atoms with van der Waals surface area (Å²) in [4.78, 5) is 23.2. The van der Waals surface area contributed by atoms with Gasteiger partial charge in [0.25, 0.3) is 0 Å². The van der Waals surface area contributed by atoms with Gasteiger partial charge in [-0.25, -0.2) is 4.39 Å². The SMILES string of the molecule is Cc1nn(Cc2ccc(F)cc2Cl)c(C)c1NC(=O)C(C)n1ncc([N+](=O)[O-])c1C. The van der Waals surface area contributed by atoms with Crippen molar-refractivity contribution in [3.63, 3.8) is 0 Å². The van der Waals surface area contributed by atoms with Crippen LogP contribution in [0.25, 0.3) is 0 Å². The van der Waals surface area contributed by atoms with E-state index in [0.29, 0.717) is 29.2 Å². The van der Waals surface area contributed by atoms with Crippen LogP contribution in [0.15, 0.2) is 24.4 Å². The molecule has 3 aromatic rings. The zero-order chi connectivity index (χ0) is 22.2. The third-order valence-electron chi connectivity index (χ3n) is 4.93. The molecule has 0 aliphatic carbocycles. The Balaban J connectivity index is 1.81. The van der Waals surface area contributed by atoms with E-state index in [9.17, 15) is 19.3 Å². The van der Waals surface area contributed by atoms with Crippen molar-refractivity contribution in [2.24, 2.45) is 0 Å². The molecule has 0 bridgehead atoms. The maximum atomic E-state index is 13.3. The van der Waals surface area contributed by atoms with Crippen LogP contribution in [0, 0.1) is 36.7 Å². The van der Waals surface area contributed by atoms with Gasteiger partial charge < -0.3 is 5.32 Å². The van der Waals surface area contributed by atoms with Gasteiger partial charge in [0.05, 0.1) is 28.5 Å². The maximum Gasteiger partial charge on any atom is 0.309 e. The lowest BCUT2D eigenvalue weighted by Gasteiger charge is -2.14. The summed E-state index contributed by atoms with van der Waals surface area (Å²) < 4.78 is 16.2. The van der Waals surface area contributed by atoms with Gasteiger partial charge in [-0.1, -0.05) is 17.7 Å². The van der Waals surface area contributed by atoms with Gasteiger partial charge in [-0.2, -0.15) is 10.2 Å². The van der Waals surface area contributed by atoms with Crippen LogP contribution in [0.5, 0.6) is 0 Å². The number of hydrogen-bond donors (Lipinski definition) is 1. The lowest BCUT2D eigenvalue weighted by atomic mass is 10.2. The Morgan fingerprint density at radius 2 is 2.03 bits per heavy atom. The summed E-state index contributed by atoms with van der Waals surface area (Å²) in [6.45, 7) is 6.99. The monoisotopic (exact) mass is 434 g/mol. The first-order chi connectivity index (χ1) is 14.1. The first-order valence-electron chi connectivity index (χ1n) is 9.07. The molecule has 1 unspecified atom stereocenters. The molecule has 30 heavy (non-hydrogen) atoms. The maximum absolute atomic E-state index is 13.3. The number of hydrogen-bond acceptors (Lipinski definition) is 5.